The van der Waals surface area contributed by atoms with Crippen LogP contribution >= 0.6 is 11.6 Å². The number of ether oxygens (including phenoxy) is 1. The number of hydrogen-bond acceptors (Lipinski definition) is 3. The zero-order chi connectivity index (χ0) is 12.4. The molecule has 0 saturated heterocycles. The van der Waals surface area contributed by atoms with Gasteiger partial charge in [0.05, 0.1) is 7.11 Å². The molecule has 16 heavy (non-hydrogen) atoms. The van der Waals surface area contributed by atoms with E-state index >= 15 is 0 Å². The second-order valence-corrected chi connectivity index (χ2v) is 3.82. The summed E-state index contributed by atoms with van der Waals surface area (Å²) in [4.78, 5) is 0. The SMILES string of the molecule is COc1cccc(CC(O)(O)C(F)(F)Cl)c1. The molecular weight excluding hydrogens is 242 g/mol. The smallest absolute Gasteiger partial charge is 0.374 e. The summed E-state index contributed by atoms with van der Waals surface area (Å²) in [5, 5.41) is 14.1. The Balaban J connectivity index is 2.88. The van der Waals surface area contributed by atoms with Crippen LogP contribution in [0.2, 0.25) is 0 Å². The van der Waals surface area contributed by atoms with Gasteiger partial charge in [0.2, 0.25) is 5.79 Å². The average molecular weight is 253 g/mol. The summed E-state index contributed by atoms with van der Waals surface area (Å²) in [7, 11) is 1.42. The lowest BCUT2D eigenvalue weighted by molar-refractivity contribution is -0.258. The van der Waals surface area contributed by atoms with Crippen LogP contribution < -0.4 is 4.74 Å². The van der Waals surface area contributed by atoms with E-state index in [4.69, 9.17) is 14.9 Å². The monoisotopic (exact) mass is 252 g/mol. The van der Waals surface area contributed by atoms with Gasteiger partial charge in [0.25, 0.3) is 0 Å². The van der Waals surface area contributed by atoms with E-state index in [0.29, 0.717) is 5.75 Å². The third-order valence-electron chi connectivity index (χ3n) is 2.04. The van der Waals surface area contributed by atoms with Crippen LogP contribution in [0.4, 0.5) is 8.78 Å². The highest BCUT2D eigenvalue weighted by atomic mass is 35.5. The van der Waals surface area contributed by atoms with Crippen LogP contribution in [0.3, 0.4) is 0 Å². The van der Waals surface area contributed by atoms with E-state index < -0.39 is 17.6 Å². The predicted molar refractivity (Wildman–Crippen MR) is 54.7 cm³/mol. The predicted octanol–water partition coefficient (Wildman–Crippen LogP) is 1.75. The molecular formula is C10H11ClF2O3. The zero-order valence-electron chi connectivity index (χ0n) is 8.45. The number of halogens is 3. The Morgan fingerprint density at radius 2 is 2.00 bits per heavy atom. The van der Waals surface area contributed by atoms with E-state index in [0.717, 1.165) is 0 Å². The highest BCUT2D eigenvalue weighted by Crippen LogP contribution is 2.33. The number of benzene rings is 1. The normalized spacial score (nSPS) is 12.6. The van der Waals surface area contributed by atoms with Gasteiger partial charge in [-0.05, 0) is 29.3 Å². The first-order valence-electron chi connectivity index (χ1n) is 4.41. The number of hydrogen-bond donors (Lipinski definition) is 2. The molecule has 2 N–H and O–H groups in total. The zero-order valence-corrected chi connectivity index (χ0v) is 9.21. The van der Waals surface area contributed by atoms with Crippen molar-refractivity contribution < 1.29 is 23.7 Å². The Labute approximate surface area is 96.2 Å². The van der Waals surface area contributed by atoms with Crippen molar-refractivity contribution in [1.82, 2.24) is 0 Å². The molecule has 90 valence electrons. The standard InChI is InChI=1S/C10H11ClF2O3/c1-16-8-4-2-3-7(5-8)6-9(14,15)10(11,12)13/h2-5,14-15H,6H2,1H3. The van der Waals surface area contributed by atoms with Crippen LogP contribution in [0, 0.1) is 0 Å². The molecule has 0 fully saturated rings. The molecule has 6 heteroatoms. The summed E-state index contributed by atoms with van der Waals surface area (Å²) in [6.45, 7) is 0. The highest BCUT2D eigenvalue weighted by molar-refractivity contribution is 6.22. The second kappa shape index (κ2) is 4.53. The van der Waals surface area contributed by atoms with Gasteiger partial charge >= 0.3 is 5.38 Å². The Bertz CT molecular complexity index is 363. The van der Waals surface area contributed by atoms with E-state index in [-0.39, 0.29) is 5.56 Å². The van der Waals surface area contributed by atoms with Gasteiger partial charge in [0, 0.05) is 6.42 Å². The van der Waals surface area contributed by atoms with Crippen molar-refractivity contribution in [2.45, 2.75) is 17.6 Å². The van der Waals surface area contributed by atoms with E-state index in [9.17, 15) is 8.78 Å². The molecule has 0 aromatic heterocycles. The van der Waals surface area contributed by atoms with Crippen LogP contribution in [0.5, 0.6) is 5.75 Å². The molecule has 1 aromatic rings. The lowest BCUT2D eigenvalue weighted by atomic mass is 10.1. The van der Waals surface area contributed by atoms with Crippen LogP contribution in [-0.2, 0) is 6.42 Å². The van der Waals surface area contributed by atoms with Gasteiger partial charge in [-0.2, -0.15) is 8.78 Å². The van der Waals surface area contributed by atoms with Crippen molar-refractivity contribution >= 4 is 11.6 Å². The van der Waals surface area contributed by atoms with E-state index in [1.165, 1.54) is 19.2 Å². The van der Waals surface area contributed by atoms with E-state index in [1.807, 2.05) is 0 Å². The fourth-order valence-corrected chi connectivity index (χ4v) is 1.23. The molecule has 0 unspecified atom stereocenters. The third-order valence-corrected chi connectivity index (χ3v) is 2.34. The molecule has 0 aliphatic carbocycles. The van der Waals surface area contributed by atoms with Gasteiger partial charge in [0.15, 0.2) is 0 Å². The summed E-state index contributed by atoms with van der Waals surface area (Å²) >= 11 is 4.58. The van der Waals surface area contributed by atoms with Gasteiger partial charge in [-0.1, -0.05) is 12.1 Å². The quantitative estimate of drug-likeness (QED) is 0.634. The largest absolute Gasteiger partial charge is 0.497 e. The number of alkyl halides is 3. The summed E-state index contributed by atoms with van der Waals surface area (Å²) in [6.07, 6.45) is -0.694. The number of methoxy groups -OCH3 is 1. The summed E-state index contributed by atoms with van der Waals surface area (Å²) in [5.74, 6) is -2.85. The highest BCUT2D eigenvalue weighted by Gasteiger charge is 2.50. The van der Waals surface area contributed by atoms with Crippen molar-refractivity contribution in [3.63, 3.8) is 0 Å². The molecule has 0 saturated carbocycles. The molecule has 0 bridgehead atoms. The molecule has 0 amide bonds. The van der Waals surface area contributed by atoms with Gasteiger partial charge in [0.1, 0.15) is 5.75 Å². The Morgan fingerprint density at radius 3 is 2.50 bits per heavy atom. The minimum absolute atomic E-state index is 0.282. The molecule has 0 spiro atoms. The molecule has 0 heterocycles. The second-order valence-electron chi connectivity index (χ2n) is 3.34. The minimum Gasteiger partial charge on any atom is -0.497 e. The van der Waals surface area contributed by atoms with Crippen molar-refractivity contribution in [1.29, 1.82) is 0 Å². The van der Waals surface area contributed by atoms with Crippen molar-refractivity contribution in [3.8, 4) is 5.75 Å². The molecule has 0 radical (unpaired) electrons. The molecule has 0 aliphatic heterocycles. The molecule has 0 atom stereocenters. The maximum absolute atomic E-state index is 12.6. The van der Waals surface area contributed by atoms with Crippen molar-refractivity contribution in [2.75, 3.05) is 7.11 Å². The lowest BCUT2D eigenvalue weighted by Gasteiger charge is -2.26. The van der Waals surface area contributed by atoms with E-state index in [2.05, 4.69) is 11.6 Å². The van der Waals surface area contributed by atoms with E-state index in [1.54, 1.807) is 12.1 Å². The lowest BCUT2D eigenvalue weighted by Crippen LogP contribution is -2.46. The van der Waals surface area contributed by atoms with Crippen molar-refractivity contribution in [3.05, 3.63) is 29.8 Å². The first-order valence-corrected chi connectivity index (χ1v) is 4.78. The first kappa shape index (κ1) is 13.2. The topological polar surface area (TPSA) is 49.7 Å². The van der Waals surface area contributed by atoms with Crippen LogP contribution in [-0.4, -0.2) is 28.5 Å². The molecule has 0 aliphatic rings. The van der Waals surface area contributed by atoms with Gasteiger partial charge in [-0.3, -0.25) is 0 Å². The third kappa shape index (κ3) is 3.04. The summed E-state index contributed by atoms with van der Waals surface area (Å²) in [5.41, 5.74) is 0.282. The van der Waals surface area contributed by atoms with Gasteiger partial charge in [-0.25, -0.2) is 0 Å². The van der Waals surface area contributed by atoms with Gasteiger partial charge < -0.3 is 14.9 Å². The van der Waals surface area contributed by atoms with Gasteiger partial charge in [-0.15, -0.1) is 0 Å². The molecule has 3 nitrogen and oxygen atoms in total. The fraction of sp³-hybridized carbons (Fsp3) is 0.400. The maximum atomic E-state index is 12.6. The minimum atomic E-state index is -4.12. The van der Waals surface area contributed by atoms with Crippen LogP contribution in [0.1, 0.15) is 5.56 Å². The van der Waals surface area contributed by atoms with Crippen molar-refractivity contribution in [2.24, 2.45) is 0 Å². The Kier molecular flexibility index (Phi) is 3.72. The summed E-state index contributed by atoms with van der Waals surface area (Å²) in [6, 6.07) is 6.05. The Hall–Kier alpha value is -0.910. The Morgan fingerprint density at radius 1 is 1.38 bits per heavy atom. The fourth-order valence-electron chi connectivity index (χ4n) is 1.17. The molecule has 1 rings (SSSR count). The number of rotatable bonds is 4. The van der Waals surface area contributed by atoms with Crippen LogP contribution in [0.15, 0.2) is 24.3 Å². The number of aliphatic hydroxyl groups is 2. The average Bonchev–Trinajstić information content (AvgIpc) is 2.15. The van der Waals surface area contributed by atoms with Crippen LogP contribution in [0.25, 0.3) is 0 Å². The molecule has 1 aromatic carbocycles. The maximum Gasteiger partial charge on any atom is 0.374 e. The summed E-state index contributed by atoms with van der Waals surface area (Å²) < 4.78 is 30.1. The first-order chi connectivity index (χ1) is 7.26.